The van der Waals surface area contributed by atoms with Crippen LogP contribution < -0.4 is 11.1 Å². The highest BCUT2D eigenvalue weighted by molar-refractivity contribution is 5.95. The second-order valence-electron chi connectivity index (χ2n) is 3.70. The lowest BCUT2D eigenvalue weighted by Crippen LogP contribution is -2.05. The van der Waals surface area contributed by atoms with Crippen LogP contribution in [0.15, 0.2) is 30.3 Å². The Balaban J connectivity index is 2.37. The first-order chi connectivity index (χ1) is 8.56. The fourth-order valence-corrected chi connectivity index (χ4v) is 1.57. The third-order valence-electron chi connectivity index (χ3n) is 2.28. The number of hydrogen-bond acceptors (Lipinski definition) is 5. The molecule has 0 bridgehead atoms. The Morgan fingerprint density at radius 1 is 1.33 bits per heavy atom. The normalized spacial score (nSPS) is 10.1. The SMILES string of the molecule is Cc1nc(N)cc(Nc2ccccc2C(=O)O)n1. The maximum absolute atomic E-state index is 11.0. The van der Waals surface area contributed by atoms with Crippen molar-refractivity contribution in [2.45, 2.75) is 6.92 Å². The Morgan fingerprint density at radius 2 is 2.06 bits per heavy atom. The molecule has 4 N–H and O–H groups in total. The molecule has 0 saturated heterocycles. The molecule has 0 fully saturated rings. The summed E-state index contributed by atoms with van der Waals surface area (Å²) in [4.78, 5) is 19.1. The monoisotopic (exact) mass is 244 g/mol. The summed E-state index contributed by atoms with van der Waals surface area (Å²) in [6, 6.07) is 8.13. The van der Waals surface area contributed by atoms with Gasteiger partial charge in [0, 0.05) is 6.07 Å². The number of carboxylic acid groups (broad SMARTS) is 1. The predicted molar refractivity (Wildman–Crippen MR) is 67.9 cm³/mol. The smallest absolute Gasteiger partial charge is 0.337 e. The number of aromatic nitrogens is 2. The zero-order chi connectivity index (χ0) is 13.1. The van der Waals surface area contributed by atoms with Crippen molar-refractivity contribution >= 4 is 23.3 Å². The predicted octanol–water partition coefficient (Wildman–Crippen LogP) is 1.81. The average molecular weight is 244 g/mol. The van der Waals surface area contributed by atoms with Crippen LogP contribution in [0.2, 0.25) is 0 Å². The van der Waals surface area contributed by atoms with E-state index in [1.54, 1.807) is 31.2 Å². The van der Waals surface area contributed by atoms with Crippen LogP contribution in [0.5, 0.6) is 0 Å². The minimum absolute atomic E-state index is 0.173. The highest BCUT2D eigenvalue weighted by Gasteiger charge is 2.09. The lowest BCUT2D eigenvalue weighted by Gasteiger charge is -2.09. The van der Waals surface area contributed by atoms with Gasteiger partial charge in [0.15, 0.2) is 0 Å². The maximum atomic E-state index is 11.0. The van der Waals surface area contributed by atoms with E-state index in [0.29, 0.717) is 23.1 Å². The molecule has 0 spiro atoms. The number of carbonyl (C=O) groups is 1. The molecule has 6 nitrogen and oxygen atoms in total. The molecule has 0 unspecified atom stereocenters. The van der Waals surface area contributed by atoms with Gasteiger partial charge in [-0.25, -0.2) is 14.8 Å². The van der Waals surface area contributed by atoms with Crippen LogP contribution in [0.1, 0.15) is 16.2 Å². The van der Waals surface area contributed by atoms with E-state index in [1.165, 1.54) is 6.07 Å². The van der Waals surface area contributed by atoms with Crippen molar-refractivity contribution in [1.29, 1.82) is 0 Å². The number of carboxylic acids is 1. The van der Waals surface area contributed by atoms with E-state index in [1.807, 2.05) is 0 Å². The molecule has 0 aliphatic carbocycles. The second kappa shape index (κ2) is 4.70. The van der Waals surface area contributed by atoms with Gasteiger partial charge in [-0.1, -0.05) is 12.1 Å². The zero-order valence-electron chi connectivity index (χ0n) is 9.71. The van der Waals surface area contributed by atoms with Gasteiger partial charge in [-0.3, -0.25) is 0 Å². The molecule has 6 heteroatoms. The summed E-state index contributed by atoms with van der Waals surface area (Å²) in [6.45, 7) is 1.71. The molecule has 0 aliphatic heterocycles. The number of nitrogens with one attached hydrogen (secondary N) is 1. The Hall–Kier alpha value is -2.63. The Bertz CT molecular complexity index is 578. The number of nitrogen functional groups attached to an aromatic ring is 1. The maximum Gasteiger partial charge on any atom is 0.337 e. The summed E-state index contributed by atoms with van der Waals surface area (Å²) < 4.78 is 0. The van der Waals surface area contributed by atoms with Crippen LogP contribution in [0, 0.1) is 6.92 Å². The Morgan fingerprint density at radius 3 is 2.72 bits per heavy atom. The van der Waals surface area contributed by atoms with E-state index in [4.69, 9.17) is 10.8 Å². The molecular formula is C12H12N4O2. The number of nitrogens with zero attached hydrogens (tertiary/aromatic N) is 2. The standard InChI is InChI=1S/C12H12N4O2/c1-7-14-10(13)6-11(15-7)16-9-5-3-2-4-8(9)12(17)18/h2-6H,1H3,(H,17,18)(H3,13,14,15,16). The summed E-state index contributed by atoms with van der Waals surface area (Å²) in [5.74, 6) is 0.314. The number of nitrogens with two attached hydrogens (primary N) is 1. The quantitative estimate of drug-likeness (QED) is 0.761. The first kappa shape index (κ1) is 11.8. The van der Waals surface area contributed by atoms with Gasteiger partial charge >= 0.3 is 5.97 Å². The molecule has 0 radical (unpaired) electrons. The minimum Gasteiger partial charge on any atom is -0.478 e. The highest BCUT2D eigenvalue weighted by Crippen LogP contribution is 2.20. The molecule has 1 heterocycles. The van der Waals surface area contributed by atoms with Crippen molar-refractivity contribution in [3.05, 3.63) is 41.7 Å². The molecule has 18 heavy (non-hydrogen) atoms. The van der Waals surface area contributed by atoms with Crippen LogP contribution in [-0.2, 0) is 0 Å². The van der Waals surface area contributed by atoms with Gasteiger partial charge in [0.25, 0.3) is 0 Å². The van der Waals surface area contributed by atoms with E-state index in [2.05, 4.69) is 15.3 Å². The van der Waals surface area contributed by atoms with Gasteiger partial charge in [0.1, 0.15) is 17.5 Å². The van der Waals surface area contributed by atoms with Gasteiger partial charge in [-0.15, -0.1) is 0 Å². The van der Waals surface area contributed by atoms with Gasteiger partial charge in [-0.2, -0.15) is 0 Å². The van der Waals surface area contributed by atoms with Crippen LogP contribution in [0.4, 0.5) is 17.3 Å². The van der Waals surface area contributed by atoms with Crippen LogP contribution >= 0.6 is 0 Å². The number of benzene rings is 1. The third-order valence-corrected chi connectivity index (χ3v) is 2.28. The summed E-state index contributed by atoms with van der Waals surface area (Å²) in [5.41, 5.74) is 6.24. The van der Waals surface area contributed by atoms with Gasteiger partial charge in [-0.05, 0) is 19.1 Å². The molecule has 2 aromatic rings. The fourth-order valence-electron chi connectivity index (χ4n) is 1.57. The molecule has 1 aromatic heterocycles. The van der Waals surface area contributed by atoms with E-state index < -0.39 is 5.97 Å². The molecular weight excluding hydrogens is 232 g/mol. The first-order valence-electron chi connectivity index (χ1n) is 5.27. The summed E-state index contributed by atoms with van der Waals surface area (Å²) in [6.07, 6.45) is 0. The van der Waals surface area contributed by atoms with E-state index in [9.17, 15) is 4.79 Å². The van der Waals surface area contributed by atoms with Gasteiger partial charge in [0.2, 0.25) is 0 Å². The van der Waals surface area contributed by atoms with Crippen LogP contribution in [0.3, 0.4) is 0 Å². The van der Waals surface area contributed by atoms with Crippen LogP contribution in [0.25, 0.3) is 0 Å². The summed E-state index contributed by atoms with van der Waals surface area (Å²) >= 11 is 0. The highest BCUT2D eigenvalue weighted by atomic mass is 16.4. The van der Waals surface area contributed by atoms with Crippen molar-refractivity contribution < 1.29 is 9.90 Å². The number of aryl methyl sites for hydroxylation is 1. The number of rotatable bonds is 3. The van der Waals surface area contributed by atoms with E-state index >= 15 is 0 Å². The molecule has 2 rings (SSSR count). The molecule has 92 valence electrons. The summed E-state index contributed by atoms with van der Waals surface area (Å²) in [5, 5.41) is 12.0. The van der Waals surface area contributed by atoms with Crippen LogP contribution in [-0.4, -0.2) is 21.0 Å². The van der Waals surface area contributed by atoms with Gasteiger partial charge in [0.05, 0.1) is 11.3 Å². The molecule has 0 amide bonds. The lowest BCUT2D eigenvalue weighted by atomic mass is 10.2. The molecule has 0 saturated carbocycles. The van der Waals surface area contributed by atoms with E-state index in [-0.39, 0.29) is 5.56 Å². The average Bonchev–Trinajstić information content (AvgIpc) is 2.27. The number of hydrogen-bond donors (Lipinski definition) is 3. The number of aromatic carboxylic acids is 1. The topological polar surface area (TPSA) is 101 Å². The fraction of sp³-hybridized carbons (Fsp3) is 0.0833. The lowest BCUT2D eigenvalue weighted by molar-refractivity contribution is 0.0698. The zero-order valence-corrected chi connectivity index (χ0v) is 9.71. The van der Waals surface area contributed by atoms with Crippen molar-refractivity contribution in [3.63, 3.8) is 0 Å². The Kier molecular flexibility index (Phi) is 3.09. The third kappa shape index (κ3) is 2.54. The minimum atomic E-state index is -1.00. The number of anilines is 3. The van der Waals surface area contributed by atoms with Crippen molar-refractivity contribution in [3.8, 4) is 0 Å². The Labute approximate surface area is 104 Å². The molecule has 0 atom stereocenters. The molecule has 0 aliphatic rings. The summed E-state index contributed by atoms with van der Waals surface area (Å²) in [7, 11) is 0. The van der Waals surface area contributed by atoms with Crippen molar-refractivity contribution in [2.75, 3.05) is 11.1 Å². The van der Waals surface area contributed by atoms with Gasteiger partial charge < -0.3 is 16.2 Å². The second-order valence-corrected chi connectivity index (χ2v) is 3.70. The first-order valence-corrected chi connectivity index (χ1v) is 5.27. The van der Waals surface area contributed by atoms with Crippen molar-refractivity contribution in [1.82, 2.24) is 9.97 Å². The van der Waals surface area contributed by atoms with Crippen molar-refractivity contribution in [2.24, 2.45) is 0 Å². The number of para-hydroxylation sites is 1. The van der Waals surface area contributed by atoms with E-state index in [0.717, 1.165) is 0 Å². The largest absolute Gasteiger partial charge is 0.478 e. The molecule has 1 aromatic carbocycles.